The van der Waals surface area contributed by atoms with E-state index in [9.17, 15) is 0 Å². The topological polar surface area (TPSA) is 51.0 Å². The molecule has 2 saturated carbocycles. The molecule has 1 heterocycles. The highest BCUT2D eigenvalue weighted by molar-refractivity contribution is 5.06. The summed E-state index contributed by atoms with van der Waals surface area (Å²) < 4.78 is 5.80. The zero-order valence-electron chi connectivity index (χ0n) is 9.94. The van der Waals surface area contributed by atoms with Crippen molar-refractivity contribution in [1.29, 1.82) is 0 Å². The van der Waals surface area contributed by atoms with E-state index in [4.69, 9.17) is 4.42 Å². The fourth-order valence-electron chi connectivity index (χ4n) is 2.97. The van der Waals surface area contributed by atoms with Gasteiger partial charge < -0.3 is 9.73 Å². The van der Waals surface area contributed by atoms with Crippen molar-refractivity contribution in [3.8, 4) is 0 Å². The molecule has 0 saturated heterocycles. The van der Waals surface area contributed by atoms with Crippen molar-refractivity contribution in [3.63, 3.8) is 0 Å². The van der Waals surface area contributed by atoms with Crippen molar-refractivity contribution in [2.45, 2.75) is 44.6 Å². The third kappa shape index (κ3) is 1.65. The molecule has 3 atom stereocenters. The molecular weight excluding hydrogens is 202 g/mol. The molecule has 4 heteroatoms. The first-order chi connectivity index (χ1) is 7.81. The second-order valence-electron chi connectivity index (χ2n) is 5.15. The molecule has 2 aliphatic carbocycles. The molecule has 16 heavy (non-hydrogen) atoms. The predicted octanol–water partition coefficient (Wildman–Crippen LogP) is 2.25. The maximum Gasteiger partial charge on any atom is 0.233 e. The molecule has 0 spiro atoms. The van der Waals surface area contributed by atoms with Crippen LogP contribution in [0.4, 0.5) is 0 Å². The van der Waals surface area contributed by atoms with Gasteiger partial charge in [0, 0.05) is 5.92 Å². The van der Waals surface area contributed by atoms with Crippen LogP contribution in [0.25, 0.3) is 0 Å². The van der Waals surface area contributed by atoms with Gasteiger partial charge in [-0.05, 0) is 44.6 Å². The summed E-state index contributed by atoms with van der Waals surface area (Å²) in [5.41, 5.74) is 0. The number of hydrogen-bond donors (Lipinski definition) is 1. The van der Waals surface area contributed by atoms with Crippen molar-refractivity contribution in [2.75, 3.05) is 7.05 Å². The van der Waals surface area contributed by atoms with Crippen LogP contribution in [0.1, 0.15) is 56.3 Å². The van der Waals surface area contributed by atoms with Gasteiger partial charge in [-0.1, -0.05) is 6.92 Å². The van der Waals surface area contributed by atoms with E-state index in [0.717, 1.165) is 30.0 Å². The first kappa shape index (κ1) is 10.3. The highest BCUT2D eigenvalue weighted by atomic mass is 16.4. The standard InChI is InChI=1S/C12H19N3O/c1-3-10(13-2)12-15-14-11(16-12)9-5-7-4-8(7)6-9/h7-10,13H,3-6H2,1-2H3. The molecule has 88 valence electrons. The largest absolute Gasteiger partial charge is 0.423 e. The summed E-state index contributed by atoms with van der Waals surface area (Å²) in [6, 6.07) is 0.206. The van der Waals surface area contributed by atoms with E-state index in [1.54, 1.807) is 0 Å². The minimum Gasteiger partial charge on any atom is -0.423 e. The Balaban J connectivity index is 1.72. The molecule has 2 aliphatic rings. The van der Waals surface area contributed by atoms with E-state index < -0.39 is 0 Å². The normalized spacial score (nSPS) is 33.8. The zero-order valence-corrected chi connectivity index (χ0v) is 9.94. The Bertz CT molecular complexity index is 362. The lowest BCUT2D eigenvalue weighted by Gasteiger charge is -2.08. The molecule has 1 N–H and O–H groups in total. The molecule has 0 radical (unpaired) electrons. The Morgan fingerprint density at radius 3 is 2.69 bits per heavy atom. The fraction of sp³-hybridized carbons (Fsp3) is 0.833. The Kier molecular flexibility index (Phi) is 2.46. The molecule has 0 bridgehead atoms. The van der Waals surface area contributed by atoms with Crippen LogP contribution in [0.5, 0.6) is 0 Å². The molecule has 0 aliphatic heterocycles. The predicted molar refractivity (Wildman–Crippen MR) is 60.0 cm³/mol. The van der Waals surface area contributed by atoms with E-state index in [1.807, 2.05) is 7.05 Å². The van der Waals surface area contributed by atoms with Gasteiger partial charge in [-0.3, -0.25) is 0 Å². The van der Waals surface area contributed by atoms with E-state index in [-0.39, 0.29) is 6.04 Å². The number of hydrogen-bond acceptors (Lipinski definition) is 4. The second-order valence-corrected chi connectivity index (χ2v) is 5.15. The third-order valence-corrected chi connectivity index (χ3v) is 4.10. The molecule has 0 aromatic carbocycles. The average molecular weight is 221 g/mol. The fourth-order valence-corrected chi connectivity index (χ4v) is 2.97. The minimum absolute atomic E-state index is 0.206. The maximum absolute atomic E-state index is 5.80. The van der Waals surface area contributed by atoms with Crippen LogP contribution in [0.2, 0.25) is 0 Å². The molecule has 4 nitrogen and oxygen atoms in total. The van der Waals surface area contributed by atoms with Gasteiger partial charge in [0.05, 0.1) is 6.04 Å². The molecule has 1 aromatic heterocycles. The van der Waals surface area contributed by atoms with Crippen LogP contribution >= 0.6 is 0 Å². The van der Waals surface area contributed by atoms with Crippen LogP contribution in [0, 0.1) is 11.8 Å². The Hall–Kier alpha value is -0.900. The number of rotatable bonds is 4. The van der Waals surface area contributed by atoms with Gasteiger partial charge in [0.1, 0.15) is 0 Å². The summed E-state index contributed by atoms with van der Waals surface area (Å²) in [5, 5.41) is 11.6. The SMILES string of the molecule is CCC(NC)c1nnc(C2CC3CC3C2)o1. The summed E-state index contributed by atoms with van der Waals surface area (Å²) >= 11 is 0. The Labute approximate surface area is 95.8 Å². The molecule has 2 fully saturated rings. The van der Waals surface area contributed by atoms with Gasteiger partial charge in [-0.25, -0.2) is 0 Å². The lowest BCUT2D eigenvalue weighted by molar-refractivity contribution is 0.362. The Morgan fingerprint density at radius 2 is 2.06 bits per heavy atom. The zero-order chi connectivity index (χ0) is 11.1. The Morgan fingerprint density at radius 1 is 1.31 bits per heavy atom. The van der Waals surface area contributed by atoms with Crippen LogP contribution in [0.15, 0.2) is 4.42 Å². The number of fused-ring (bicyclic) bond motifs is 1. The van der Waals surface area contributed by atoms with E-state index in [0.29, 0.717) is 5.92 Å². The number of nitrogens with zero attached hydrogens (tertiary/aromatic N) is 2. The van der Waals surface area contributed by atoms with Gasteiger partial charge in [0.15, 0.2) is 0 Å². The quantitative estimate of drug-likeness (QED) is 0.847. The second kappa shape index (κ2) is 3.84. The van der Waals surface area contributed by atoms with E-state index in [2.05, 4.69) is 22.4 Å². The number of nitrogens with one attached hydrogen (secondary N) is 1. The first-order valence-corrected chi connectivity index (χ1v) is 6.32. The van der Waals surface area contributed by atoms with Crippen LogP contribution < -0.4 is 5.32 Å². The van der Waals surface area contributed by atoms with Gasteiger partial charge in [-0.2, -0.15) is 0 Å². The van der Waals surface area contributed by atoms with Crippen molar-refractivity contribution < 1.29 is 4.42 Å². The molecular formula is C12H19N3O. The van der Waals surface area contributed by atoms with Gasteiger partial charge in [0.2, 0.25) is 11.8 Å². The van der Waals surface area contributed by atoms with Crippen molar-refractivity contribution in [2.24, 2.45) is 11.8 Å². The van der Waals surface area contributed by atoms with Crippen LogP contribution in [0.3, 0.4) is 0 Å². The summed E-state index contributed by atoms with van der Waals surface area (Å²) in [6.45, 7) is 2.12. The first-order valence-electron chi connectivity index (χ1n) is 6.32. The highest BCUT2D eigenvalue weighted by Crippen LogP contribution is 2.57. The van der Waals surface area contributed by atoms with Gasteiger partial charge >= 0.3 is 0 Å². The summed E-state index contributed by atoms with van der Waals surface area (Å²) in [5.74, 6) is 4.09. The molecule has 0 amide bonds. The summed E-state index contributed by atoms with van der Waals surface area (Å²) in [4.78, 5) is 0. The maximum atomic E-state index is 5.80. The lowest BCUT2D eigenvalue weighted by atomic mass is 10.0. The summed E-state index contributed by atoms with van der Waals surface area (Å²) in [7, 11) is 1.93. The molecule has 1 aromatic rings. The van der Waals surface area contributed by atoms with Crippen LogP contribution in [-0.2, 0) is 0 Å². The van der Waals surface area contributed by atoms with Crippen molar-refractivity contribution >= 4 is 0 Å². The monoisotopic (exact) mass is 221 g/mol. The van der Waals surface area contributed by atoms with Crippen molar-refractivity contribution in [3.05, 3.63) is 11.8 Å². The highest BCUT2D eigenvalue weighted by Gasteiger charge is 2.47. The lowest BCUT2D eigenvalue weighted by Crippen LogP contribution is -2.15. The van der Waals surface area contributed by atoms with E-state index in [1.165, 1.54) is 19.3 Å². The van der Waals surface area contributed by atoms with Gasteiger partial charge in [0.25, 0.3) is 0 Å². The minimum atomic E-state index is 0.206. The molecule has 3 unspecified atom stereocenters. The van der Waals surface area contributed by atoms with Crippen LogP contribution in [-0.4, -0.2) is 17.2 Å². The number of aromatic nitrogens is 2. The third-order valence-electron chi connectivity index (χ3n) is 4.10. The average Bonchev–Trinajstić information content (AvgIpc) is 2.76. The van der Waals surface area contributed by atoms with E-state index >= 15 is 0 Å². The van der Waals surface area contributed by atoms with Gasteiger partial charge in [-0.15, -0.1) is 10.2 Å². The van der Waals surface area contributed by atoms with Crippen molar-refractivity contribution in [1.82, 2.24) is 15.5 Å². The molecule has 3 rings (SSSR count). The summed E-state index contributed by atoms with van der Waals surface area (Å²) in [6.07, 6.45) is 4.95. The smallest absolute Gasteiger partial charge is 0.233 e.